The number of rotatable bonds is 7. The number of thioether (sulfide) groups is 1. The first-order valence-corrected chi connectivity index (χ1v) is 8.00. The second kappa shape index (κ2) is 8.08. The molecular formula is C15H24ClNS. The molecule has 0 unspecified atom stereocenters. The van der Waals surface area contributed by atoms with Gasteiger partial charge >= 0.3 is 0 Å². The molecule has 0 bridgehead atoms. The summed E-state index contributed by atoms with van der Waals surface area (Å²) in [5.41, 5.74) is 1.31. The SMILES string of the molecule is CC(C)CCSc1ccc(Cl)cc1CNC(C)C. The summed E-state index contributed by atoms with van der Waals surface area (Å²) in [6, 6.07) is 6.70. The molecule has 102 valence electrons. The number of nitrogens with one attached hydrogen (secondary N) is 1. The quantitative estimate of drug-likeness (QED) is 0.710. The highest BCUT2D eigenvalue weighted by Crippen LogP contribution is 2.27. The van der Waals surface area contributed by atoms with Gasteiger partial charge in [0.25, 0.3) is 0 Å². The van der Waals surface area contributed by atoms with Gasteiger partial charge in [-0.2, -0.15) is 0 Å². The molecule has 1 aromatic carbocycles. The maximum atomic E-state index is 6.08. The normalized spacial score (nSPS) is 11.5. The maximum Gasteiger partial charge on any atom is 0.0410 e. The first-order chi connectivity index (χ1) is 8.49. The molecule has 0 atom stereocenters. The fraction of sp³-hybridized carbons (Fsp3) is 0.600. The number of benzene rings is 1. The van der Waals surface area contributed by atoms with Gasteiger partial charge in [-0.25, -0.2) is 0 Å². The Morgan fingerprint density at radius 3 is 2.56 bits per heavy atom. The first-order valence-electron chi connectivity index (χ1n) is 6.63. The molecule has 1 rings (SSSR count). The Morgan fingerprint density at radius 2 is 1.94 bits per heavy atom. The molecule has 0 heterocycles. The molecule has 1 aromatic rings. The third-order valence-electron chi connectivity index (χ3n) is 2.68. The minimum absolute atomic E-state index is 0.498. The van der Waals surface area contributed by atoms with Crippen LogP contribution in [-0.4, -0.2) is 11.8 Å². The molecule has 3 heteroatoms. The standard InChI is InChI=1S/C15H24ClNS/c1-11(2)7-8-18-15-6-5-14(16)9-13(15)10-17-12(3)4/h5-6,9,11-12,17H,7-8,10H2,1-4H3. The largest absolute Gasteiger partial charge is 0.310 e. The molecule has 1 N–H and O–H groups in total. The van der Waals surface area contributed by atoms with Gasteiger partial charge in [0.15, 0.2) is 0 Å². The van der Waals surface area contributed by atoms with Crippen LogP contribution in [0.5, 0.6) is 0 Å². The van der Waals surface area contributed by atoms with Crippen molar-refractivity contribution in [3.05, 3.63) is 28.8 Å². The van der Waals surface area contributed by atoms with Crippen molar-refractivity contribution in [2.24, 2.45) is 5.92 Å². The molecule has 0 amide bonds. The molecule has 1 nitrogen and oxygen atoms in total. The van der Waals surface area contributed by atoms with Gasteiger partial charge < -0.3 is 5.32 Å². The first kappa shape index (κ1) is 15.9. The van der Waals surface area contributed by atoms with Crippen LogP contribution in [0, 0.1) is 5.92 Å². The third-order valence-corrected chi connectivity index (χ3v) is 4.06. The van der Waals surface area contributed by atoms with E-state index >= 15 is 0 Å². The van der Waals surface area contributed by atoms with E-state index in [1.165, 1.54) is 22.6 Å². The molecule has 0 radical (unpaired) electrons. The Labute approximate surface area is 121 Å². The van der Waals surface area contributed by atoms with Crippen molar-refractivity contribution in [2.45, 2.75) is 51.6 Å². The van der Waals surface area contributed by atoms with Crippen molar-refractivity contribution in [3.63, 3.8) is 0 Å². The fourth-order valence-corrected chi connectivity index (χ4v) is 3.03. The molecule has 0 saturated heterocycles. The lowest BCUT2D eigenvalue weighted by Crippen LogP contribution is -2.22. The van der Waals surface area contributed by atoms with Gasteiger partial charge in [-0.3, -0.25) is 0 Å². The van der Waals surface area contributed by atoms with Crippen LogP contribution >= 0.6 is 23.4 Å². The number of hydrogen-bond acceptors (Lipinski definition) is 2. The van der Waals surface area contributed by atoms with Crippen molar-refractivity contribution in [1.29, 1.82) is 0 Å². The Balaban J connectivity index is 2.64. The average Bonchev–Trinajstić information content (AvgIpc) is 2.28. The summed E-state index contributed by atoms with van der Waals surface area (Å²) in [5.74, 6) is 1.94. The van der Waals surface area contributed by atoms with E-state index in [0.29, 0.717) is 6.04 Å². The van der Waals surface area contributed by atoms with Gasteiger partial charge in [-0.1, -0.05) is 39.3 Å². The molecule has 0 aliphatic heterocycles. The van der Waals surface area contributed by atoms with E-state index in [2.05, 4.69) is 45.1 Å². The van der Waals surface area contributed by atoms with Crippen LogP contribution in [0.2, 0.25) is 5.02 Å². The summed E-state index contributed by atoms with van der Waals surface area (Å²) in [5, 5.41) is 4.28. The van der Waals surface area contributed by atoms with Crippen molar-refractivity contribution in [3.8, 4) is 0 Å². The van der Waals surface area contributed by atoms with E-state index in [1.54, 1.807) is 0 Å². The van der Waals surface area contributed by atoms with Crippen molar-refractivity contribution in [1.82, 2.24) is 5.32 Å². The van der Waals surface area contributed by atoms with Crippen molar-refractivity contribution >= 4 is 23.4 Å². The molecule has 0 saturated carbocycles. The summed E-state index contributed by atoms with van der Waals surface area (Å²) in [7, 11) is 0. The Kier molecular flexibility index (Phi) is 7.13. The van der Waals surface area contributed by atoms with Gasteiger partial charge in [-0.15, -0.1) is 11.8 Å². The molecule has 0 fully saturated rings. The number of halogens is 1. The minimum Gasteiger partial charge on any atom is -0.310 e. The molecule has 0 aromatic heterocycles. The zero-order chi connectivity index (χ0) is 13.5. The van der Waals surface area contributed by atoms with E-state index in [-0.39, 0.29) is 0 Å². The molecule has 0 spiro atoms. The van der Waals surface area contributed by atoms with Crippen LogP contribution in [-0.2, 0) is 6.54 Å². The zero-order valence-corrected chi connectivity index (χ0v) is 13.4. The second-order valence-corrected chi connectivity index (χ2v) is 6.89. The van der Waals surface area contributed by atoms with E-state index in [0.717, 1.165) is 17.5 Å². The van der Waals surface area contributed by atoms with Gasteiger partial charge in [0.2, 0.25) is 0 Å². The lowest BCUT2D eigenvalue weighted by molar-refractivity contribution is 0.584. The van der Waals surface area contributed by atoms with Crippen molar-refractivity contribution < 1.29 is 0 Å². The van der Waals surface area contributed by atoms with Crippen LogP contribution in [0.4, 0.5) is 0 Å². The highest BCUT2D eigenvalue weighted by molar-refractivity contribution is 7.99. The molecule has 0 aliphatic carbocycles. The summed E-state index contributed by atoms with van der Waals surface area (Å²) in [6.45, 7) is 9.75. The van der Waals surface area contributed by atoms with Crippen molar-refractivity contribution in [2.75, 3.05) is 5.75 Å². The van der Waals surface area contributed by atoms with Crippen LogP contribution in [0.3, 0.4) is 0 Å². The summed E-state index contributed by atoms with van der Waals surface area (Å²) < 4.78 is 0. The van der Waals surface area contributed by atoms with Crippen LogP contribution < -0.4 is 5.32 Å². The average molecular weight is 286 g/mol. The van der Waals surface area contributed by atoms with E-state index in [9.17, 15) is 0 Å². The predicted molar refractivity (Wildman–Crippen MR) is 83.6 cm³/mol. The Hall–Kier alpha value is -0.180. The maximum absolute atomic E-state index is 6.08. The summed E-state index contributed by atoms with van der Waals surface area (Å²) >= 11 is 8.02. The lowest BCUT2D eigenvalue weighted by atomic mass is 10.2. The highest BCUT2D eigenvalue weighted by atomic mass is 35.5. The van der Waals surface area contributed by atoms with Gasteiger partial charge in [0.1, 0.15) is 0 Å². The second-order valence-electron chi connectivity index (χ2n) is 5.32. The van der Waals surface area contributed by atoms with Gasteiger partial charge in [0.05, 0.1) is 0 Å². The topological polar surface area (TPSA) is 12.0 Å². The van der Waals surface area contributed by atoms with Crippen LogP contribution in [0.1, 0.15) is 39.7 Å². The Bertz CT molecular complexity index is 364. The van der Waals surface area contributed by atoms with Crippen LogP contribution in [0.15, 0.2) is 23.1 Å². The predicted octanol–water partition coefficient (Wildman–Crippen LogP) is 4.98. The summed E-state index contributed by atoms with van der Waals surface area (Å²) in [6.07, 6.45) is 1.25. The highest BCUT2D eigenvalue weighted by Gasteiger charge is 2.05. The molecular weight excluding hydrogens is 262 g/mol. The minimum atomic E-state index is 0.498. The third kappa shape index (κ3) is 6.12. The molecule has 18 heavy (non-hydrogen) atoms. The lowest BCUT2D eigenvalue weighted by Gasteiger charge is -2.13. The van der Waals surface area contributed by atoms with E-state index in [4.69, 9.17) is 11.6 Å². The van der Waals surface area contributed by atoms with Gasteiger partial charge in [-0.05, 0) is 41.9 Å². The van der Waals surface area contributed by atoms with E-state index < -0.39 is 0 Å². The Morgan fingerprint density at radius 1 is 1.22 bits per heavy atom. The summed E-state index contributed by atoms with van der Waals surface area (Å²) in [4.78, 5) is 1.35. The zero-order valence-electron chi connectivity index (χ0n) is 11.8. The van der Waals surface area contributed by atoms with Gasteiger partial charge in [0, 0.05) is 22.5 Å². The number of hydrogen-bond donors (Lipinski definition) is 1. The van der Waals surface area contributed by atoms with Crippen LogP contribution in [0.25, 0.3) is 0 Å². The van der Waals surface area contributed by atoms with E-state index in [1.807, 2.05) is 17.8 Å². The fourth-order valence-electron chi connectivity index (χ4n) is 1.55. The smallest absolute Gasteiger partial charge is 0.0410 e. The molecule has 0 aliphatic rings. The monoisotopic (exact) mass is 285 g/mol.